The second-order valence-electron chi connectivity index (χ2n) is 3.01. The van der Waals surface area contributed by atoms with Gasteiger partial charge in [-0.3, -0.25) is 5.84 Å². The first-order valence-electron chi connectivity index (χ1n) is 3.62. The van der Waals surface area contributed by atoms with Crippen molar-refractivity contribution in [3.63, 3.8) is 0 Å². The lowest BCUT2D eigenvalue weighted by molar-refractivity contribution is 0.273. The van der Waals surface area contributed by atoms with E-state index in [2.05, 4.69) is 13.0 Å². The minimum absolute atomic E-state index is 0.457. The Hall–Kier alpha value is -0.590. The van der Waals surface area contributed by atoms with E-state index in [9.17, 15) is 0 Å². The third-order valence-corrected chi connectivity index (χ3v) is 2.09. The van der Waals surface area contributed by atoms with Crippen LogP contribution in [0.4, 0.5) is 0 Å². The van der Waals surface area contributed by atoms with Gasteiger partial charge < -0.3 is 0 Å². The van der Waals surface area contributed by atoms with Crippen LogP contribution < -0.4 is 5.84 Å². The Morgan fingerprint density at radius 3 is 2.90 bits per heavy atom. The van der Waals surface area contributed by atoms with Gasteiger partial charge in [0.1, 0.15) is 0 Å². The summed E-state index contributed by atoms with van der Waals surface area (Å²) in [7, 11) is 0. The fourth-order valence-electron chi connectivity index (χ4n) is 1.45. The van der Waals surface area contributed by atoms with Crippen molar-refractivity contribution in [1.82, 2.24) is 5.01 Å². The number of hydrogen-bond acceptors (Lipinski definition) is 3. The summed E-state index contributed by atoms with van der Waals surface area (Å²) >= 11 is 0. The number of nitriles is 1. The molecule has 2 atom stereocenters. The molecular weight excluding hydrogens is 126 g/mol. The second kappa shape index (κ2) is 3.00. The lowest BCUT2D eigenvalue weighted by atomic mass is 10.0. The maximum atomic E-state index is 8.39. The Labute approximate surface area is 61.4 Å². The molecule has 56 valence electrons. The smallest absolute Gasteiger partial charge is 0.0625 e. The fraction of sp³-hybridized carbons (Fsp3) is 0.857. The van der Waals surface area contributed by atoms with Crippen LogP contribution in [0.3, 0.4) is 0 Å². The van der Waals surface area contributed by atoms with Gasteiger partial charge in [-0.1, -0.05) is 0 Å². The maximum absolute atomic E-state index is 8.39. The molecule has 1 saturated heterocycles. The van der Waals surface area contributed by atoms with Crippen LogP contribution in [-0.4, -0.2) is 17.6 Å². The highest BCUT2D eigenvalue weighted by Crippen LogP contribution is 2.21. The maximum Gasteiger partial charge on any atom is 0.0625 e. The van der Waals surface area contributed by atoms with E-state index in [4.69, 9.17) is 11.1 Å². The standard InChI is InChI=1S/C7H13N3/c1-6-4-7(2-3-8)5-10(6)9/h6-7H,2,4-5,9H2,1H3/t6-,7?/m1/s1. The van der Waals surface area contributed by atoms with E-state index in [1.54, 1.807) is 0 Å². The summed E-state index contributed by atoms with van der Waals surface area (Å²) in [5.41, 5.74) is 0. The normalized spacial score (nSPS) is 34.1. The summed E-state index contributed by atoms with van der Waals surface area (Å²) in [4.78, 5) is 0. The van der Waals surface area contributed by atoms with E-state index >= 15 is 0 Å². The lowest BCUT2D eigenvalue weighted by Gasteiger charge is -2.11. The molecular formula is C7H13N3. The number of hydrogen-bond donors (Lipinski definition) is 1. The topological polar surface area (TPSA) is 53.0 Å². The van der Waals surface area contributed by atoms with E-state index in [0.29, 0.717) is 18.4 Å². The average molecular weight is 139 g/mol. The van der Waals surface area contributed by atoms with Crippen LogP contribution in [0, 0.1) is 17.2 Å². The predicted molar refractivity (Wildman–Crippen MR) is 38.7 cm³/mol. The molecule has 1 fully saturated rings. The van der Waals surface area contributed by atoms with Gasteiger partial charge in [-0.15, -0.1) is 0 Å². The summed E-state index contributed by atoms with van der Waals surface area (Å²) < 4.78 is 0. The van der Waals surface area contributed by atoms with Gasteiger partial charge >= 0.3 is 0 Å². The van der Waals surface area contributed by atoms with Crippen molar-refractivity contribution in [1.29, 1.82) is 5.26 Å². The molecule has 0 amide bonds. The molecule has 0 radical (unpaired) electrons. The zero-order valence-electron chi connectivity index (χ0n) is 6.25. The quantitative estimate of drug-likeness (QED) is 0.538. The van der Waals surface area contributed by atoms with Crippen LogP contribution in [0.5, 0.6) is 0 Å². The Morgan fingerprint density at radius 1 is 1.80 bits per heavy atom. The van der Waals surface area contributed by atoms with E-state index < -0.39 is 0 Å². The van der Waals surface area contributed by atoms with Gasteiger partial charge in [0, 0.05) is 19.0 Å². The third kappa shape index (κ3) is 1.47. The lowest BCUT2D eigenvalue weighted by Crippen LogP contribution is -2.33. The van der Waals surface area contributed by atoms with Crippen LogP contribution in [0.15, 0.2) is 0 Å². The minimum atomic E-state index is 0.457. The van der Waals surface area contributed by atoms with Crippen molar-refractivity contribution in [2.75, 3.05) is 6.54 Å². The first kappa shape index (κ1) is 7.52. The zero-order chi connectivity index (χ0) is 7.56. The van der Waals surface area contributed by atoms with Gasteiger partial charge in [0.25, 0.3) is 0 Å². The summed E-state index contributed by atoms with van der Waals surface area (Å²) in [6.07, 6.45) is 1.72. The van der Waals surface area contributed by atoms with Crippen molar-refractivity contribution in [3.05, 3.63) is 0 Å². The first-order valence-corrected chi connectivity index (χ1v) is 3.62. The molecule has 1 aliphatic rings. The molecule has 1 unspecified atom stereocenters. The molecule has 3 nitrogen and oxygen atoms in total. The monoisotopic (exact) mass is 139 g/mol. The third-order valence-electron chi connectivity index (χ3n) is 2.09. The number of nitrogens with zero attached hydrogens (tertiary/aromatic N) is 2. The number of rotatable bonds is 1. The van der Waals surface area contributed by atoms with Gasteiger partial charge in [-0.2, -0.15) is 5.26 Å². The predicted octanol–water partition coefficient (Wildman–Crippen LogP) is 0.484. The zero-order valence-corrected chi connectivity index (χ0v) is 6.25. The summed E-state index contributed by atoms with van der Waals surface area (Å²) in [6, 6.07) is 2.63. The molecule has 0 aliphatic carbocycles. The van der Waals surface area contributed by atoms with Crippen molar-refractivity contribution in [2.45, 2.75) is 25.8 Å². The first-order chi connectivity index (χ1) is 4.74. The van der Waals surface area contributed by atoms with Crippen molar-refractivity contribution in [2.24, 2.45) is 11.8 Å². The summed E-state index contributed by atoms with van der Waals surface area (Å²) in [5, 5.41) is 10.2. The summed E-state index contributed by atoms with van der Waals surface area (Å²) in [5.74, 6) is 6.13. The molecule has 0 aromatic heterocycles. The minimum Gasteiger partial charge on any atom is -0.269 e. The van der Waals surface area contributed by atoms with Crippen LogP contribution >= 0.6 is 0 Å². The number of hydrazine groups is 1. The van der Waals surface area contributed by atoms with Gasteiger partial charge in [-0.05, 0) is 19.3 Å². The van der Waals surface area contributed by atoms with E-state index in [1.807, 2.05) is 5.01 Å². The molecule has 1 rings (SSSR count). The molecule has 2 N–H and O–H groups in total. The SMILES string of the molecule is C[C@@H]1CC(CC#N)CN1N. The van der Waals surface area contributed by atoms with Crippen LogP contribution in [0.25, 0.3) is 0 Å². The van der Waals surface area contributed by atoms with Gasteiger partial charge in [-0.25, -0.2) is 5.01 Å². The molecule has 0 bridgehead atoms. The highest BCUT2D eigenvalue weighted by molar-refractivity contribution is 4.85. The molecule has 0 spiro atoms. The average Bonchev–Trinajstić information content (AvgIpc) is 2.14. The Morgan fingerprint density at radius 2 is 2.50 bits per heavy atom. The van der Waals surface area contributed by atoms with Crippen molar-refractivity contribution >= 4 is 0 Å². The second-order valence-corrected chi connectivity index (χ2v) is 3.01. The molecule has 1 heterocycles. The Kier molecular flexibility index (Phi) is 2.25. The largest absolute Gasteiger partial charge is 0.269 e. The van der Waals surface area contributed by atoms with Gasteiger partial charge in [0.2, 0.25) is 0 Å². The van der Waals surface area contributed by atoms with E-state index in [-0.39, 0.29) is 0 Å². The van der Waals surface area contributed by atoms with Gasteiger partial charge in [0.05, 0.1) is 6.07 Å². The van der Waals surface area contributed by atoms with E-state index in [1.165, 1.54) is 0 Å². The summed E-state index contributed by atoms with van der Waals surface area (Å²) in [6.45, 7) is 2.98. The molecule has 3 heteroatoms. The Bertz CT molecular complexity index is 139. The van der Waals surface area contributed by atoms with Crippen LogP contribution in [-0.2, 0) is 0 Å². The van der Waals surface area contributed by atoms with Crippen LogP contribution in [0.1, 0.15) is 19.8 Å². The highest BCUT2D eigenvalue weighted by Gasteiger charge is 2.25. The van der Waals surface area contributed by atoms with Crippen molar-refractivity contribution < 1.29 is 0 Å². The van der Waals surface area contributed by atoms with Crippen molar-refractivity contribution in [3.8, 4) is 6.07 Å². The molecule has 1 aliphatic heterocycles. The Balaban J connectivity index is 2.35. The molecule has 10 heavy (non-hydrogen) atoms. The van der Waals surface area contributed by atoms with E-state index in [0.717, 1.165) is 13.0 Å². The van der Waals surface area contributed by atoms with Crippen LogP contribution in [0.2, 0.25) is 0 Å². The number of nitrogens with two attached hydrogens (primary N) is 1. The molecule has 0 saturated carbocycles. The molecule has 0 aromatic rings. The fourth-order valence-corrected chi connectivity index (χ4v) is 1.45. The van der Waals surface area contributed by atoms with Gasteiger partial charge in [0.15, 0.2) is 0 Å². The molecule has 0 aromatic carbocycles. The highest BCUT2D eigenvalue weighted by atomic mass is 15.4.